The molecular formula is C11H16N2O3S. The summed E-state index contributed by atoms with van der Waals surface area (Å²) in [4.78, 5) is 5.02. The van der Waals surface area contributed by atoms with E-state index in [4.69, 9.17) is 10.7 Å². The highest BCUT2D eigenvalue weighted by Crippen LogP contribution is 2.22. The van der Waals surface area contributed by atoms with E-state index in [1.807, 2.05) is 13.0 Å². The Labute approximate surface area is 101 Å². The maximum Gasteiger partial charge on any atom is 0.243 e. The number of nitrogens with two attached hydrogens (primary N) is 1. The van der Waals surface area contributed by atoms with Crippen LogP contribution >= 0.6 is 0 Å². The third-order valence-corrected chi connectivity index (χ3v) is 4.79. The monoisotopic (exact) mass is 256 g/mol. The molecule has 1 aliphatic rings. The van der Waals surface area contributed by atoms with Gasteiger partial charge in [0.15, 0.2) is 0 Å². The molecule has 1 saturated heterocycles. The molecule has 5 nitrogen and oxygen atoms in total. The van der Waals surface area contributed by atoms with Crippen LogP contribution in [0, 0.1) is 6.92 Å². The average molecular weight is 256 g/mol. The van der Waals surface area contributed by atoms with Crippen LogP contribution in [0.5, 0.6) is 0 Å². The summed E-state index contributed by atoms with van der Waals surface area (Å²) in [6.07, 6.45) is 0.441. The van der Waals surface area contributed by atoms with E-state index in [9.17, 15) is 8.42 Å². The van der Waals surface area contributed by atoms with Crippen LogP contribution in [0.2, 0.25) is 0 Å². The molecule has 0 amide bonds. The van der Waals surface area contributed by atoms with E-state index in [0.29, 0.717) is 24.4 Å². The van der Waals surface area contributed by atoms with Gasteiger partial charge in [-0.15, -0.1) is 0 Å². The van der Waals surface area contributed by atoms with E-state index in [1.165, 1.54) is 4.31 Å². The van der Waals surface area contributed by atoms with Gasteiger partial charge in [-0.2, -0.15) is 4.31 Å². The topological polar surface area (TPSA) is 72.6 Å². The van der Waals surface area contributed by atoms with E-state index in [2.05, 4.69) is 0 Å². The van der Waals surface area contributed by atoms with E-state index >= 15 is 0 Å². The van der Waals surface area contributed by atoms with Crippen LogP contribution in [0.3, 0.4) is 0 Å². The number of hydrogen-bond acceptors (Lipinski definition) is 4. The molecular weight excluding hydrogens is 240 g/mol. The molecule has 2 rings (SSSR count). The molecule has 1 heterocycles. The van der Waals surface area contributed by atoms with Crippen molar-refractivity contribution in [3.05, 3.63) is 29.8 Å². The maximum atomic E-state index is 12.3. The van der Waals surface area contributed by atoms with Gasteiger partial charge in [-0.25, -0.2) is 14.3 Å². The SMILES string of the molecule is Cc1cccc(S(=O)(=O)N2CCC(ON)C2)c1. The fraction of sp³-hybridized carbons (Fsp3) is 0.455. The van der Waals surface area contributed by atoms with Crippen molar-refractivity contribution in [2.24, 2.45) is 5.90 Å². The van der Waals surface area contributed by atoms with Crippen molar-refractivity contribution in [2.75, 3.05) is 13.1 Å². The van der Waals surface area contributed by atoms with Gasteiger partial charge in [0, 0.05) is 13.1 Å². The Kier molecular flexibility index (Phi) is 3.48. The van der Waals surface area contributed by atoms with Gasteiger partial charge in [0.1, 0.15) is 0 Å². The minimum atomic E-state index is -3.41. The quantitative estimate of drug-likeness (QED) is 0.806. The average Bonchev–Trinajstić information content (AvgIpc) is 2.78. The minimum absolute atomic E-state index is 0.199. The molecule has 0 saturated carbocycles. The second kappa shape index (κ2) is 4.73. The van der Waals surface area contributed by atoms with Crippen LogP contribution in [0.1, 0.15) is 12.0 Å². The smallest absolute Gasteiger partial charge is 0.243 e. The lowest BCUT2D eigenvalue weighted by molar-refractivity contribution is 0.0642. The summed E-state index contributed by atoms with van der Waals surface area (Å²) in [7, 11) is -3.41. The van der Waals surface area contributed by atoms with E-state index in [-0.39, 0.29) is 6.10 Å². The third-order valence-electron chi connectivity index (χ3n) is 2.93. The van der Waals surface area contributed by atoms with E-state index in [1.54, 1.807) is 18.2 Å². The highest BCUT2D eigenvalue weighted by Gasteiger charge is 2.32. The maximum absolute atomic E-state index is 12.3. The van der Waals surface area contributed by atoms with Crippen molar-refractivity contribution in [1.29, 1.82) is 0 Å². The highest BCUT2D eigenvalue weighted by molar-refractivity contribution is 7.89. The summed E-state index contributed by atoms with van der Waals surface area (Å²) < 4.78 is 26.0. The van der Waals surface area contributed by atoms with Crippen molar-refractivity contribution in [3.8, 4) is 0 Å². The normalized spacial score (nSPS) is 21.9. The van der Waals surface area contributed by atoms with Gasteiger partial charge in [-0.1, -0.05) is 12.1 Å². The Morgan fingerprint density at radius 1 is 1.47 bits per heavy atom. The molecule has 2 N–H and O–H groups in total. The lowest BCUT2D eigenvalue weighted by atomic mass is 10.2. The van der Waals surface area contributed by atoms with Crippen LogP contribution in [-0.2, 0) is 14.9 Å². The molecule has 0 bridgehead atoms. The molecule has 1 aliphatic heterocycles. The van der Waals surface area contributed by atoms with Crippen molar-refractivity contribution in [2.45, 2.75) is 24.3 Å². The number of aryl methyl sites for hydroxylation is 1. The van der Waals surface area contributed by atoms with Gasteiger partial charge in [0.05, 0.1) is 11.0 Å². The third kappa shape index (κ3) is 2.50. The van der Waals surface area contributed by atoms with Crippen LogP contribution in [0.4, 0.5) is 0 Å². The molecule has 1 fully saturated rings. The summed E-state index contributed by atoms with van der Waals surface area (Å²) in [5, 5.41) is 0. The van der Waals surface area contributed by atoms with Crippen molar-refractivity contribution >= 4 is 10.0 Å². The van der Waals surface area contributed by atoms with Crippen molar-refractivity contribution in [1.82, 2.24) is 4.31 Å². The molecule has 0 radical (unpaired) electrons. The van der Waals surface area contributed by atoms with Crippen molar-refractivity contribution < 1.29 is 13.3 Å². The van der Waals surface area contributed by atoms with Crippen LogP contribution < -0.4 is 5.90 Å². The van der Waals surface area contributed by atoms with Gasteiger partial charge in [-0.3, -0.25) is 4.84 Å². The molecule has 1 aromatic rings. The molecule has 17 heavy (non-hydrogen) atoms. The van der Waals surface area contributed by atoms with Crippen LogP contribution in [-0.4, -0.2) is 31.9 Å². The minimum Gasteiger partial charge on any atom is -0.300 e. The summed E-state index contributed by atoms with van der Waals surface area (Å²) in [6, 6.07) is 6.90. The predicted molar refractivity (Wildman–Crippen MR) is 63.6 cm³/mol. The van der Waals surface area contributed by atoms with Gasteiger partial charge in [0.2, 0.25) is 10.0 Å². The first-order valence-electron chi connectivity index (χ1n) is 5.46. The zero-order chi connectivity index (χ0) is 12.5. The number of benzene rings is 1. The van der Waals surface area contributed by atoms with Gasteiger partial charge in [-0.05, 0) is 31.0 Å². The van der Waals surface area contributed by atoms with Gasteiger partial charge in [0.25, 0.3) is 0 Å². The Balaban J connectivity index is 2.25. The van der Waals surface area contributed by atoms with Gasteiger partial charge >= 0.3 is 0 Å². The van der Waals surface area contributed by atoms with E-state index in [0.717, 1.165) is 5.56 Å². The number of hydrogen-bond donors (Lipinski definition) is 1. The first-order chi connectivity index (χ1) is 8.04. The fourth-order valence-corrected chi connectivity index (χ4v) is 3.54. The van der Waals surface area contributed by atoms with Crippen LogP contribution in [0.15, 0.2) is 29.2 Å². The number of sulfonamides is 1. The molecule has 0 aromatic heterocycles. The molecule has 0 spiro atoms. The highest BCUT2D eigenvalue weighted by atomic mass is 32.2. The summed E-state index contributed by atoms with van der Waals surface area (Å²) in [5.41, 5.74) is 0.928. The molecule has 0 aliphatic carbocycles. The second-order valence-electron chi connectivity index (χ2n) is 4.23. The summed E-state index contributed by atoms with van der Waals surface area (Å²) in [5.74, 6) is 5.08. The first-order valence-corrected chi connectivity index (χ1v) is 6.90. The predicted octanol–water partition coefficient (Wildman–Crippen LogP) is 0.648. The Morgan fingerprint density at radius 3 is 2.82 bits per heavy atom. The zero-order valence-corrected chi connectivity index (χ0v) is 10.5. The largest absolute Gasteiger partial charge is 0.300 e. The Morgan fingerprint density at radius 2 is 2.24 bits per heavy atom. The summed E-state index contributed by atoms with van der Waals surface area (Å²) in [6.45, 7) is 2.65. The zero-order valence-electron chi connectivity index (χ0n) is 9.67. The number of nitrogens with zero attached hydrogens (tertiary/aromatic N) is 1. The number of rotatable bonds is 3. The molecule has 1 aromatic carbocycles. The van der Waals surface area contributed by atoms with Crippen LogP contribution in [0.25, 0.3) is 0 Å². The molecule has 1 atom stereocenters. The molecule has 6 heteroatoms. The van der Waals surface area contributed by atoms with E-state index < -0.39 is 10.0 Å². The standard InChI is InChI=1S/C11H16N2O3S/c1-9-3-2-4-11(7-9)17(14,15)13-6-5-10(8-13)16-12/h2-4,7,10H,5-6,8,12H2,1H3. The fourth-order valence-electron chi connectivity index (χ4n) is 1.95. The second-order valence-corrected chi connectivity index (χ2v) is 6.16. The summed E-state index contributed by atoms with van der Waals surface area (Å²) >= 11 is 0. The molecule has 94 valence electrons. The first kappa shape index (κ1) is 12.5. The van der Waals surface area contributed by atoms with Gasteiger partial charge < -0.3 is 0 Å². The Bertz CT molecular complexity index is 501. The lowest BCUT2D eigenvalue weighted by Gasteiger charge is -2.16. The lowest BCUT2D eigenvalue weighted by Crippen LogP contribution is -2.31. The molecule has 1 unspecified atom stereocenters. The Hall–Kier alpha value is -0.950. The van der Waals surface area contributed by atoms with Crippen molar-refractivity contribution in [3.63, 3.8) is 0 Å².